The van der Waals surface area contributed by atoms with Crippen molar-refractivity contribution in [3.05, 3.63) is 0 Å². The van der Waals surface area contributed by atoms with Gasteiger partial charge in [-0.1, -0.05) is 46.4 Å². The average molecular weight is 264 g/mol. The van der Waals surface area contributed by atoms with Gasteiger partial charge in [0.2, 0.25) is 3.79 Å². The van der Waals surface area contributed by atoms with Crippen molar-refractivity contribution < 1.29 is 18.9 Å². The number of alkyl halides is 4. The van der Waals surface area contributed by atoms with E-state index >= 15 is 0 Å². The van der Waals surface area contributed by atoms with E-state index in [1.165, 1.54) is 0 Å². The molecule has 0 aliphatic carbocycles. The number of rotatable bonds is 2. The van der Waals surface area contributed by atoms with Crippen LogP contribution in [0.5, 0.6) is 0 Å². The molecule has 11 heavy (non-hydrogen) atoms. The molecule has 0 bridgehead atoms. The molecule has 0 rings (SSSR count). The summed E-state index contributed by atoms with van der Waals surface area (Å²) in [5, 5.41) is 0. The van der Waals surface area contributed by atoms with Crippen LogP contribution in [0.1, 0.15) is 0 Å². The summed E-state index contributed by atoms with van der Waals surface area (Å²) >= 11 is 20.5. The maximum atomic E-state index is 10.1. The average Bonchev–Trinajstić information content (AvgIpc) is 1.56. The Hall–Kier alpha value is 1.27. The topological polar surface area (TPSA) is 66.8 Å². The predicted molar refractivity (Wildman–Crippen MR) is 43.1 cm³/mol. The third-order valence-corrected chi connectivity index (χ3v) is 2.44. The lowest BCUT2D eigenvalue weighted by Gasteiger charge is -2.18. The zero-order valence-electron chi connectivity index (χ0n) is 4.75. The van der Waals surface area contributed by atoms with Crippen LogP contribution in [0.15, 0.2) is 0 Å². The van der Waals surface area contributed by atoms with Gasteiger partial charge in [0.05, 0.1) is 0 Å². The second-order valence-electron chi connectivity index (χ2n) is 1.45. The Morgan fingerprint density at radius 1 is 1.36 bits per heavy atom. The Kier molecular flexibility index (Phi) is 4.45. The number of hydrogen-bond acceptors (Lipinski definition) is 2. The van der Waals surface area contributed by atoms with Crippen LogP contribution in [-0.4, -0.2) is 19.1 Å². The van der Waals surface area contributed by atoms with E-state index in [0.717, 1.165) is 0 Å². The van der Waals surface area contributed by atoms with Crippen molar-refractivity contribution in [2.75, 3.05) is 0 Å². The van der Waals surface area contributed by atoms with E-state index in [1.54, 1.807) is 0 Å². The van der Waals surface area contributed by atoms with Gasteiger partial charge in [-0.15, -0.1) is 0 Å². The number of phosphoric ester groups is 1. The van der Waals surface area contributed by atoms with E-state index in [-0.39, 0.29) is 0 Å². The highest BCUT2D eigenvalue weighted by atomic mass is 35.6. The summed E-state index contributed by atoms with van der Waals surface area (Å²) in [6, 6.07) is 0. The summed E-state index contributed by atoms with van der Waals surface area (Å²) in [7, 11) is -4.70. The van der Waals surface area contributed by atoms with Crippen molar-refractivity contribution in [1.29, 1.82) is 0 Å². The molecule has 0 saturated heterocycles. The third kappa shape index (κ3) is 6.43. The van der Waals surface area contributed by atoms with E-state index in [4.69, 9.17) is 56.2 Å². The van der Waals surface area contributed by atoms with Gasteiger partial charge in [0.25, 0.3) is 0 Å². The number of halogens is 4. The van der Waals surface area contributed by atoms with Crippen LogP contribution in [0.25, 0.3) is 0 Å². The van der Waals surface area contributed by atoms with Crippen molar-refractivity contribution >= 4 is 54.2 Å². The number of phosphoric acid groups is 1. The zero-order chi connectivity index (χ0) is 9.28. The summed E-state index contributed by atoms with van der Waals surface area (Å²) in [4.78, 5) is 16.4. The van der Waals surface area contributed by atoms with Gasteiger partial charge in [0, 0.05) is 0 Å². The van der Waals surface area contributed by atoms with Gasteiger partial charge in [-0.05, 0) is 0 Å². The molecule has 0 aliphatic heterocycles. The van der Waals surface area contributed by atoms with Crippen molar-refractivity contribution in [2.24, 2.45) is 0 Å². The largest absolute Gasteiger partial charge is 0.471 e. The van der Waals surface area contributed by atoms with E-state index in [0.29, 0.717) is 0 Å². The highest BCUT2D eigenvalue weighted by Gasteiger charge is 2.36. The highest BCUT2D eigenvalue weighted by molar-refractivity contribution is 7.46. The Morgan fingerprint density at radius 3 is 1.82 bits per heavy atom. The van der Waals surface area contributed by atoms with E-state index in [9.17, 15) is 4.57 Å². The SMILES string of the molecule is O=P(O)(O)OC(Cl)C(Cl)(Cl)Cl. The quantitative estimate of drug-likeness (QED) is 0.591. The van der Waals surface area contributed by atoms with Gasteiger partial charge in [0.1, 0.15) is 0 Å². The molecule has 0 radical (unpaired) electrons. The van der Waals surface area contributed by atoms with Gasteiger partial charge < -0.3 is 9.79 Å². The molecule has 0 fully saturated rings. The number of hydrogen-bond donors (Lipinski definition) is 2. The molecule has 0 aromatic heterocycles. The first-order chi connectivity index (χ1) is 4.63. The fourth-order valence-electron chi connectivity index (χ4n) is 0.180. The smallest absolute Gasteiger partial charge is 0.303 e. The molecule has 9 heteroatoms. The summed E-state index contributed by atoms with van der Waals surface area (Å²) < 4.78 is 11.9. The van der Waals surface area contributed by atoms with Gasteiger partial charge >= 0.3 is 7.82 Å². The molecule has 0 aliphatic rings. The standard InChI is InChI=1S/C2H3Cl4O4P/c3-1(2(4,5)6)10-11(7,8)9/h1H,(H2,7,8,9). The van der Waals surface area contributed by atoms with Crippen molar-refractivity contribution in [3.8, 4) is 0 Å². The lowest BCUT2D eigenvalue weighted by molar-refractivity contribution is 0.180. The summed E-state index contributed by atoms with van der Waals surface area (Å²) in [6.07, 6.45) is 0. The molecule has 4 nitrogen and oxygen atoms in total. The lowest BCUT2D eigenvalue weighted by atomic mass is 10.8. The van der Waals surface area contributed by atoms with Crippen LogP contribution in [0.3, 0.4) is 0 Å². The van der Waals surface area contributed by atoms with Crippen LogP contribution in [0, 0.1) is 0 Å². The molecule has 0 heterocycles. The molecule has 1 atom stereocenters. The van der Waals surface area contributed by atoms with Crippen molar-refractivity contribution in [1.82, 2.24) is 0 Å². The molecular weight excluding hydrogens is 261 g/mol. The third-order valence-electron chi connectivity index (χ3n) is 0.487. The van der Waals surface area contributed by atoms with Crippen LogP contribution in [0.4, 0.5) is 0 Å². The monoisotopic (exact) mass is 262 g/mol. The summed E-state index contributed by atoms with van der Waals surface area (Å²) in [5.41, 5.74) is -1.69. The Morgan fingerprint density at radius 2 is 1.73 bits per heavy atom. The molecular formula is C2H3Cl4O4P. The lowest BCUT2D eigenvalue weighted by Crippen LogP contribution is -2.21. The fraction of sp³-hybridized carbons (Fsp3) is 1.00. The Balaban J connectivity index is 4.10. The molecule has 0 aromatic carbocycles. The van der Waals surface area contributed by atoms with Gasteiger partial charge in [-0.25, -0.2) is 4.57 Å². The van der Waals surface area contributed by atoms with Crippen molar-refractivity contribution in [2.45, 2.75) is 9.36 Å². The normalized spacial score (nSPS) is 16.5. The second-order valence-corrected chi connectivity index (χ2v) is 5.41. The minimum atomic E-state index is -4.70. The molecule has 68 valence electrons. The molecule has 0 aromatic rings. The molecule has 2 N–H and O–H groups in total. The predicted octanol–water partition coefficient (Wildman–Crippen LogP) is 2.03. The molecule has 0 amide bonds. The molecule has 1 unspecified atom stereocenters. The highest BCUT2D eigenvalue weighted by Crippen LogP contribution is 2.45. The summed E-state index contributed by atoms with van der Waals surface area (Å²) in [6.45, 7) is 0. The maximum Gasteiger partial charge on any atom is 0.471 e. The van der Waals surface area contributed by atoms with Crippen LogP contribution >= 0.6 is 54.2 Å². The Labute approximate surface area is 82.6 Å². The van der Waals surface area contributed by atoms with Crippen LogP contribution < -0.4 is 0 Å². The van der Waals surface area contributed by atoms with Crippen LogP contribution in [-0.2, 0) is 9.09 Å². The maximum absolute atomic E-state index is 10.1. The van der Waals surface area contributed by atoms with Crippen LogP contribution in [0.2, 0.25) is 0 Å². The fourth-order valence-corrected chi connectivity index (χ4v) is 1.21. The van der Waals surface area contributed by atoms with Crippen molar-refractivity contribution in [3.63, 3.8) is 0 Å². The first kappa shape index (κ1) is 12.3. The van der Waals surface area contributed by atoms with Gasteiger partial charge in [0.15, 0.2) is 5.56 Å². The second kappa shape index (κ2) is 3.99. The molecule has 0 saturated carbocycles. The minimum absolute atomic E-state index is 1.69. The van der Waals surface area contributed by atoms with E-state index in [2.05, 4.69) is 4.52 Å². The van der Waals surface area contributed by atoms with Gasteiger partial charge in [-0.3, -0.25) is 4.52 Å². The molecule has 0 spiro atoms. The first-order valence-corrected chi connectivity index (χ1v) is 5.18. The minimum Gasteiger partial charge on any atom is -0.303 e. The van der Waals surface area contributed by atoms with E-state index < -0.39 is 17.2 Å². The Bertz CT molecular complexity index is 171. The summed E-state index contributed by atoms with van der Waals surface area (Å²) in [5.74, 6) is 0. The zero-order valence-corrected chi connectivity index (χ0v) is 8.67. The van der Waals surface area contributed by atoms with Gasteiger partial charge in [-0.2, -0.15) is 0 Å². The first-order valence-electron chi connectivity index (χ1n) is 2.07. The van der Waals surface area contributed by atoms with E-state index in [1.807, 2.05) is 0 Å².